The molecular formula is C28H29NO3S. The molecule has 0 saturated carbocycles. The minimum absolute atomic E-state index is 0.0848. The predicted octanol–water partition coefficient (Wildman–Crippen LogP) is 6.52. The fourth-order valence-electron chi connectivity index (χ4n) is 5.35. The van der Waals surface area contributed by atoms with E-state index in [1.807, 2.05) is 18.2 Å². The fourth-order valence-corrected chi connectivity index (χ4v) is 6.59. The lowest BCUT2D eigenvalue weighted by Crippen LogP contribution is -2.41. The van der Waals surface area contributed by atoms with Crippen LogP contribution >= 0.6 is 11.8 Å². The molecule has 2 aliphatic heterocycles. The normalized spacial score (nSPS) is 21.0. The van der Waals surface area contributed by atoms with Gasteiger partial charge in [0.15, 0.2) is 0 Å². The summed E-state index contributed by atoms with van der Waals surface area (Å²) in [4.78, 5) is 16.0. The van der Waals surface area contributed by atoms with Gasteiger partial charge in [-0.2, -0.15) is 0 Å². The molecule has 0 bridgehead atoms. The highest BCUT2D eigenvalue weighted by Crippen LogP contribution is 2.49. The molecule has 4 nitrogen and oxygen atoms in total. The second-order valence-electron chi connectivity index (χ2n) is 9.58. The molecule has 5 heteroatoms. The summed E-state index contributed by atoms with van der Waals surface area (Å²) in [6.45, 7) is 4.99. The van der Waals surface area contributed by atoms with Crippen molar-refractivity contribution in [2.24, 2.45) is 0 Å². The number of carboxylic acid groups (broad SMARTS) is 1. The fraction of sp³-hybridized carbons (Fsp3) is 0.321. The van der Waals surface area contributed by atoms with Crippen molar-refractivity contribution in [3.05, 3.63) is 81.8 Å². The van der Waals surface area contributed by atoms with Gasteiger partial charge in [0, 0.05) is 27.4 Å². The first-order valence-electron chi connectivity index (χ1n) is 11.6. The molecule has 170 valence electrons. The van der Waals surface area contributed by atoms with E-state index in [9.17, 15) is 15.0 Å². The lowest BCUT2D eigenvalue weighted by molar-refractivity contribution is -0.136. The summed E-state index contributed by atoms with van der Waals surface area (Å²) in [6.07, 6.45) is 10.2. The van der Waals surface area contributed by atoms with E-state index in [0.717, 1.165) is 29.8 Å². The molecule has 0 aromatic heterocycles. The number of hydrogen-bond donors (Lipinski definition) is 2. The zero-order valence-corrected chi connectivity index (χ0v) is 19.9. The Morgan fingerprint density at radius 2 is 2.03 bits per heavy atom. The third kappa shape index (κ3) is 3.99. The summed E-state index contributed by atoms with van der Waals surface area (Å²) in [5.74, 6) is -0.474. The van der Waals surface area contributed by atoms with Crippen LogP contribution in [0.1, 0.15) is 50.7 Å². The molecule has 2 heterocycles. The van der Waals surface area contributed by atoms with Crippen LogP contribution in [-0.4, -0.2) is 28.8 Å². The largest absolute Gasteiger partial charge is 0.508 e. The van der Waals surface area contributed by atoms with Crippen LogP contribution < -0.4 is 4.90 Å². The number of fused-ring (bicyclic) bond motifs is 3. The molecule has 0 spiro atoms. The van der Waals surface area contributed by atoms with Crippen molar-refractivity contribution < 1.29 is 15.0 Å². The highest BCUT2D eigenvalue weighted by molar-refractivity contribution is 8.03. The molecule has 0 saturated heterocycles. The number of allylic oxidation sites excluding steroid dienone is 3. The molecule has 3 aliphatic rings. The summed E-state index contributed by atoms with van der Waals surface area (Å²) in [6, 6.07) is 14.0. The van der Waals surface area contributed by atoms with Crippen LogP contribution in [0, 0.1) is 0 Å². The molecule has 0 amide bonds. The van der Waals surface area contributed by atoms with E-state index in [1.165, 1.54) is 27.2 Å². The van der Waals surface area contributed by atoms with Gasteiger partial charge >= 0.3 is 5.97 Å². The van der Waals surface area contributed by atoms with Crippen molar-refractivity contribution in [2.75, 3.05) is 11.4 Å². The second-order valence-corrected chi connectivity index (χ2v) is 10.6. The number of aliphatic carboxylic acids is 1. The molecule has 33 heavy (non-hydrogen) atoms. The van der Waals surface area contributed by atoms with Crippen LogP contribution in [0.3, 0.4) is 0 Å². The maximum atomic E-state index is 11.3. The Bertz CT molecular complexity index is 1210. The lowest BCUT2D eigenvalue weighted by Gasteiger charge is -2.32. The van der Waals surface area contributed by atoms with Gasteiger partial charge in [-0.15, -0.1) is 0 Å². The van der Waals surface area contributed by atoms with Crippen molar-refractivity contribution >= 4 is 29.5 Å². The average Bonchev–Trinajstić information content (AvgIpc) is 3.01. The Kier molecular flexibility index (Phi) is 5.61. The number of carboxylic acids is 1. The van der Waals surface area contributed by atoms with Gasteiger partial charge < -0.3 is 15.1 Å². The Labute approximate surface area is 199 Å². The number of thioether (sulfide) groups is 1. The Morgan fingerprint density at radius 3 is 2.85 bits per heavy atom. The summed E-state index contributed by atoms with van der Waals surface area (Å²) in [7, 11) is 0. The zero-order valence-electron chi connectivity index (χ0n) is 19.0. The van der Waals surface area contributed by atoms with Gasteiger partial charge in [0.25, 0.3) is 0 Å². The summed E-state index contributed by atoms with van der Waals surface area (Å²) in [5, 5.41) is 19.3. The maximum Gasteiger partial charge on any atom is 0.305 e. The van der Waals surface area contributed by atoms with E-state index < -0.39 is 5.97 Å². The van der Waals surface area contributed by atoms with Crippen LogP contribution in [0.15, 0.2) is 75.6 Å². The van der Waals surface area contributed by atoms with Crippen molar-refractivity contribution in [2.45, 2.75) is 55.9 Å². The number of aromatic hydroxyl groups is 1. The zero-order chi connectivity index (χ0) is 23.2. The molecule has 0 radical (unpaired) electrons. The third-order valence-corrected chi connectivity index (χ3v) is 8.35. The smallest absolute Gasteiger partial charge is 0.305 e. The van der Waals surface area contributed by atoms with Gasteiger partial charge in [0.05, 0.1) is 12.5 Å². The number of rotatable bonds is 5. The topological polar surface area (TPSA) is 60.8 Å². The van der Waals surface area contributed by atoms with Crippen LogP contribution in [0.4, 0.5) is 5.69 Å². The summed E-state index contributed by atoms with van der Waals surface area (Å²) < 4.78 is 0. The van der Waals surface area contributed by atoms with Gasteiger partial charge in [-0.3, -0.25) is 4.79 Å². The minimum Gasteiger partial charge on any atom is -0.508 e. The second kappa shape index (κ2) is 8.45. The van der Waals surface area contributed by atoms with E-state index in [-0.39, 0.29) is 17.9 Å². The third-order valence-electron chi connectivity index (χ3n) is 7.04. The summed E-state index contributed by atoms with van der Waals surface area (Å²) >= 11 is 1.76. The first-order chi connectivity index (χ1) is 15.8. The SMILES string of the molecule is CC1(C)c2ccccc2N(CCC(=O)O)C1/C=C/C1=C2Sc3cc(O)ccc3C=C2CCC1. The van der Waals surface area contributed by atoms with Crippen molar-refractivity contribution in [3.63, 3.8) is 0 Å². The minimum atomic E-state index is -0.771. The van der Waals surface area contributed by atoms with Gasteiger partial charge in [-0.25, -0.2) is 0 Å². The number of phenols is 1. The van der Waals surface area contributed by atoms with Gasteiger partial charge in [0.2, 0.25) is 0 Å². The molecule has 2 N–H and O–H groups in total. The Balaban J connectivity index is 1.50. The molecule has 1 aliphatic carbocycles. The van der Waals surface area contributed by atoms with Crippen LogP contribution in [0.2, 0.25) is 0 Å². The standard InChI is InChI=1S/C28H29NO3S/c1-28(2)22-8-3-4-9-23(22)29(15-14-26(31)32)25(28)13-11-18-6-5-7-20-16-19-10-12-21(30)17-24(19)33-27(18)20/h3-4,8-13,16-17,25,30H,5-7,14-15H2,1-2H3,(H,31,32)/b13-11+. The average molecular weight is 460 g/mol. The molecule has 2 aromatic carbocycles. The number of nitrogens with zero attached hydrogens (tertiary/aromatic N) is 1. The van der Waals surface area contributed by atoms with Gasteiger partial charge in [-0.1, -0.05) is 62.0 Å². The van der Waals surface area contributed by atoms with Crippen molar-refractivity contribution in [3.8, 4) is 5.75 Å². The molecule has 1 unspecified atom stereocenters. The number of anilines is 1. The highest BCUT2D eigenvalue weighted by Gasteiger charge is 2.42. The quantitative estimate of drug-likeness (QED) is 0.533. The number of para-hydroxylation sites is 1. The van der Waals surface area contributed by atoms with Gasteiger partial charge in [0.1, 0.15) is 5.75 Å². The first kappa shape index (κ1) is 21.9. The monoisotopic (exact) mass is 459 g/mol. The molecule has 1 atom stereocenters. The predicted molar refractivity (Wildman–Crippen MR) is 135 cm³/mol. The van der Waals surface area contributed by atoms with Crippen molar-refractivity contribution in [1.29, 1.82) is 0 Å². The van der Waals surface area contributed by atoms with E-state index in [1.54, 1.807) is 17.8 Å². The molecule has 2 aromatic rings. The van der Waals surface area contributed by atoms with Crippen molar-refractivity contribution in [1.82, 2.24) is 0 Å². The molecule has 5 rings (SSSR count). The van der Waals surface area contributed by atoms with E-state index in [2.05, 4.69) is 55.2 Å². The number of benzene rings is 2. The lowest BCUT2D eigenvalue weighted by atomic mass is 9.80. The molecular weight excluding hydrogens is 430 g/mol. The molecule has 0 fully saturated rings. The van der Waals surface area contributed by atoms with Crippen LogP contribution in [0.25, 0.3) is 6.08 Å². The van der Waals surface area contributed by atoms with E-state index >= 15 is 0 Å². The van der Waals surface area contributed by atoms with E-state index in [4.69, 9.17) is 0 Å². The van der Waals surface area contributed by atoms with Crippen LogP contribution in [-0.2, 0) is 10.2 Å². The number of carbonyl (C=O) groups is 1. The van der Waals surface area contributed by atoms with E-state index in [0.29, 0.717) is 12.3 Å². The number of phenolic OH excluding ortho intramolecular Hbond substituents is 1. The summed E-state index contributed by atoms with van der Waals surface area (Å²) in [5.41, 5.74) is 6.16. The van der Waals surface area contributed by atoms with Crippen LogP contribution in [0.5, 0.6) is 5.75 Å². The Morgan fingerprint density at radius 1 is 1.21 bits per heavy atom. The van der Waals surface area contributed by atoms with Gasteiger partial charge in [-0.05, 0) is 65.8 Å². The number of hydrogen-bond acceptors (Lipinski definition) is 4. The first-order valence-corrected chi connectivity index (χ1v) is 12.4. The Hall–Kier alpha value is -2.92. The highest BCUT2D eigenvalue weighted by atomic mass is 32.2. The maximum absolute atomic E-state index is 11.3.